The van der Waals surface area contributed by atoms with Crippen LogP contribution in [-0.2, 0) is 16.0 Å². The van der Waals surface area contributed by atoms with Gasteiger partial charge in [0.25, 0.3) is 0 Å². The third-order valence-electron chi connectivity index (χ3n) is 2.56. The van der Waals surface area contributed by atoms with Crippen molar-refractivity contribution in [2.75, 3.05) is 0 Å². The smallest absolute Gasteiger partial charge is 0.326 e. The number of halogens is 2. The molecule has 104 valence electrons. The average molecular weight is 304 g/mol. The normalized spacial score (nSPS) is 11.9. The van der Waals surface area contributed by atoms with Gasteiger partial charge in [-0.3, -0.25) is 4.79 Å². The van der Waals surface area contributed by atoms with Crippen LogP contribution in [-0.4, -0.2) is 23.0 Å². The summed E-state index contributed by atoms with van der Waals surface area (Å²) in [5, 5.41) is 12.2. The van der Waals surface area contributed by atoms with E-state index in [1.165, 1.54) is 0 Å². The van der Waals surface area contributed by atoms with Gasteiger partial charge in [-0.1, -0.05) is 42.6 Å². The van der Waals surface area contributed by atoms with Crippen molar-refractivity contribution in [3.63, 3.8) is 0 Å². The Kier molecular flexibility index (Phi) is 6.12. The zero-order valence-electron chi connectivity index (χ0n) is 10.5. The Balaban J connectivity index is 2.63. The van der Waals surface area contributed by atoms with E-state index in [2.05, 4.69) is 5.32 Å². The lowest BCUT2D eigenvalue weighted by molar-refractivity contribution is -0.141. The van der Waals surface area contributed by atoms with Crippen molar-refractivity contribution < 1.29 is 14.7 Å². The van der Waals surface area contributed by atoms with Crippen LogP contribution in [0.25, 0.3) is 0 Å². The monoisotopic (exact) mass is 303 g/mol. The molecule has 0 aliphatic carbocycles. The van der Waals surface area contributed by atoms with Crippen molar-refractivity contribution in [1.29, 1.82) is 0 Å². The van der Waals surface area contributed by atoms with Crippen LogP contribution in [0.1, 0.15) is 25.3 Å². The molecule has 0 saturated carbocycles. The summed E-state index contributed by atoms with van der Waals surface area (Å²) in [5.74, 6) is -1.37. The highest BCUT2D eigenvalue weighted by molar-refractivity contribution is 6.42. The number of carboxylic acid groups (broad SMARTS) is 1. The Morgan fingerprint density at radius 3 is 2.53 bits per heavy atom. The molecule has 1 atom stereocenters. The van der Waals surface area contributed by atoms with Gasteiger partial charge in [-0.15, -0.1) is 0 Å². The highest BCUT2D eigenvalue weighted by Gasteiger charge is 2.18. The molecule has 1 rings (SSSR count). The maximum atomic E-state index is 11.7. The van der Waals surface area contributed by atoms with Gasteiger partial charge in [-0.2, -0.15) is 0 Å². The lowest BCUT2D eigenvalue weighted by Crippen LogP contribution is -2.41. The fourth-order valence-corrected chi connectivity index (χ4v) is 1.95. The lowest BCUT2D eigenvalue weighted by atomic mass is 10.1. The van der Waals surface area contributed by atoms with E-state index in [0.717, 1.165) is 0 Å². The molecule has 0 saturated heterocycles. The van der Waals surface area contributed by atoms with E-state index in [1.807, 2.05) is 6.92 Å². The van der Waals surface area contributed by atoms with Crippen LogP contribution in [0.2, 0.25) is 10.0 Å². The fourth-order valence-electron chi connectivity index (χ4n) is 1.63. The molecule has 0 fully saturated rings. The molecule has 0 aliphatic heterocycles. The van der Waals surface area contributed by atoms with Gasteiger partial charge in [0.2, 0.25) is 5.91 Å². The number of nitrogens with one attached hydrogen (secondary N) is 1. The van der Waals surface area contributed by atoms with Crippen molar-refractivity contribution in [2.24, 2.45) is 0 Å². The summed E-state index contributed by atoms with van der Waals surface area (Å²) in [4.78, 5) is 22.7. The van der Waals surface area contributed by atoms with Crippen molar-refractivity contribution in [3.8, 4) is 0 Å². The number of carbonyl (C=O) groups excluding carboxylic acids is 1. The van der Waals surface area contributed by atoms with Gasteiger partial charge in [-0.25, -0.2) is 4.79 Å². The van der Waals surface area contributed by atoms with Gasteiger partial charge in [0.1, 0.15) is 6.04 Å². The minimum atomic E-state index is -1.02. The van der Waals surface area contributed by atoms with Crippen LogP contribution in [0.5, 0.6) is 0 Å². The first-order valence-corrected chi connectivity index (χ1v) is 6.65. The topological polar surface area (TPSA) is 66.4 Å². The molecule has 0 bridgehead atoms. The summed E-state index contributed by atoms with van der Waals surface area (Å²) < 4.78 is 0. The summed E-state index contributed by atoms with van der Waals surface area (Å²) in [6, 6.07) is 4.04. The number of amides is 1. The first-order valence-electron chi connectivity index (χ1n) is 5.90. The molecule has 2 N–H and O–H groups in total. The summed E-state index contributed by atoms with van der Waals surface area (Å²) in [6.07, 6.45) is 1.16. The first kappa shape index (κ1) is 15.8. The zero-order valence-corrected chi connectivity index (χ0v) is 12.0. The summed E-state index contributed by atoms with van der Waals surface area (Å²) in [6.45, 7) is 1.86. The molecule has 19 heavy (non-hydrogen) atoms. The van der Waals surface area contributed by atoms with Crippen molar-refractivity contribution in [3.05, 3.63) is 33.8 Å². The van der Waals surface area contributed by atoms with Crippen molar-refractivity contribution in [1.82, 2.24) is 5.32 Å². The highest BCUT2D eigenvalue weighted by atomic mass is 35.5. The molecular weight excluding hydrogens is 289 g/mol. The Morgan fingerprint density at radius 1 is 1.32 bits per heavy atom. The highest BCUT2D eigenvalue weighted by Crippen LogP contribution is 2.22. The van der Waals surface area contributed by atoms with E-state index in [0.29, 0.717) is 28.5 Å². The second-order valence-corrected chi connectivity index (χ2v) is 4.99. The zero-order chi connectivity index (χ0) is 14.4. The van der Waals surface area contributed by atoms with Crippen LogP contribution in [0.15, 0.2) is 18.2 Å². The van der Waals surface area contributed by atoms with Gasteiger partial charge in [0, 0.05) is 0 Å². The second kappa shape index (κ2) is 7.36. The van der Waals surface area contributed by atoms with E-state index in [-0.39, 0.29) is 12.3 Å². The van der Waals surface area contributed by atoms with E-state index >= 15 is 0 Å². The summed E-state index contributed by atoms with van der Waals surface area (Å²) in [7, 11) is 0. The molecule has 0 radical (unpaired) electrons. The lowest BCUT2D eigenvalue weighted by Gasteiger charge is -2.13. The van der Waals surface area contributed by atoms with Gasteiger partial charge in [0.05, 0.1) is 16.5 Å². The van der Waals surface area contributed by atoms with Crippen LogP contribution in [0, 0.1) is 0 Å². The van der Waals surface area contributed by atoms with Gasteiger partial charge in [0.15, 0.2) is 0 Å². The molecule has 0 heterocycles. The number of hydrogen-bond donors (Lipinski definition) is 2. The second-order valence-electron chi connectivity index (χ2n) is 4.17. The predicted octanol–water partition coefficient (Wildman–Crippen LogP) is 2.91. The molecule has 1 aromatic rings. The SMILES string of the molecule is CCCC(NC(=O)Cc1ccc(Cl)c(Cl)c1)C(=O)O. The van der Waals surface area contributed by atoms with Gasteiger partial charge < -0.3 is 10.4 Å². The molecule has 0 aliphatic rings. The molecule has 6 heteroatoms. The van der Waals surface area contributed by atoms with Crippen LogP contribution in [0.3, 0.4) is 0 Å². The molecule has 1 unspecified atom stereocenters. The maximum absolute atomic E-state index is 11.7. The number of carboxylic acids is 1. The Morgan fingerprint density at radius 2 is 2.00 bits per heavy atom. The summed E-state index contributed by atoms with van der Waals surface area (Å²) in [5.41, 5.74) is 0.688. The molecule has 0 spiro atoms. The minimum absolute atomic E-state index is 0.0738. The number of benzene rings is 1. The van der Waals surface area contributed by atoms with Crippen molar-refractivity contribution in [2.45, 2.75) is 32.2 Å². The molecule has 0 aromatic heterocycles. The summed E-state index contributed by atoms with van der Waals surface area (Å²) >= 11 is 11.6. The van der Waals surface area contributed by atoms with E-state index in [1.54, 1.807) is 18.2 Å². The van der Waals surface area contributed by atoms with E-state index in [4.69, 9.17) is 28.3 Å². The third-order valence-corrected chi connectivity index (χ3v) is 3.30. The Bertz CT molecular complexity index is 477. The van der Waals surface area contributed by atoms with Crippen molar-refractivity contribution >= 4 is 35.1 Å². The fraction of sp³-hybridized carbons (Fsp3) is 0.385. The van der Waals surface area contributed by atoms with E-state index in [9.17, 15) is 9.59 Å². The quantitative estimate of drug-likeness (QED) is 0.849. The number of hydrogen-bond acceptors (Lipinski definition) is 2. The standard InChI is InChI=1S/C13H15Cl2NO3/c1-2-3-11(13(18)19)16-12(17)7-8-4-5-9(14)10(15)6-8/h4-6,11H,2-3,7H2,1H3,(H,16,17)(H,18,19). The number of rotatable bonds is 6. The van der Waals surface area contributed by atoms with Gasteiger partial charge in [-0.05, 0) is 24.1 Å². The van der Waals surface area contributed by atoms with E-state index < -0.39 is 12.0 Å². The maximum Gasteiger partial charge on any atom is 0.326 e. The molecule has 4 nitrogen and oxygen atoms in total. The third kappa shape index (κ3) is 5.09. The van der Waals surface area contributed by atoms with Crippen LogP contribution in [0.4, 0.5) is 0 Å². The van der Waals surface area contributed by atoms with Crippen LogP contribution >= 0.6 is 23.2 Å². The first-order chi connectivity index (χ1) is 8.93. The molecule has 1 amide bonds. The molecular formula is C13H15Cl2NO3. The van der Waals surface area contributed by atoms with Gasteiger partial charge >= 0.3 is 5.97 Å². The minimum Gasteiger partial charge on any atom is -0.480 e. The largest absolute Gasteiger partial charge is 0.480 e. The predicted molar refractivity (Wildman–Crippen MR) is 74.6 cm³/mol. The average Bonchev–Trinajstić information content (AvgIpc) is 2.33. The Labute approximate surface area is 121 Å². The Hall–Kier alpha value is -1.26. The number of aliphatic carboxylic acids is 1. The molecule has 1 aromatic carbocycles. The van der Waals surface area contributed by atoms with Crippen LogP contribution < -0.4 is 5.32 Å². The number of carbonyl (C=O) groups is 2.